The second-order valence-electron chi connectivity index (χ2n) is 1.74. The molecule has 0 N–H and O–H groups in total. The molecule has 0 aromatic heterocycles. The van der Waals surface area contributed by atoms with Crippen molar-refractivity contribution in [3.05, 3.63) is 0 Å². The Hall–Kier alpha value is 0. The van der Waals surface area contributed by atoms with Gasteiger partial charge in [-0.05, 0) is 0 Å². The van der Waals surface area contributed by atoms with E-state index in [0.29, 0.717) is 0 Å². The predicted octanol–water partition coefficient (Wildman–Crippen LogP) is 2.34. The van der Waals surface area contributed by atoms with Crippen LogP contribution in [0.4, 0.5) is 0 Å². The van der Waals surface area contributed by atoms with Gasteiger partial charge in [-0.3, -0.25) is 0 Å². The van der Waals surface area contributed by atoms with Gasteiger partial charge in [0.25, 0.3) is 0 Å². The highest BCUT2D eigenvalue weighted by Crippen LogP contribution is 2.15. The third-order valence-corrected chi connectivity index (χ3v) is 1.15. The van der Waals surface area contributed by atoms with Gasteiger partial charge in [0.05, 0.1) is 0 Å². The highest BCUT2D eigenvalue weighted by molar-refractivity contribution is 4.51. The summed E-state index contributed by atoms with van der Waals surface area (Å²) in [6.45, 7) is 0. The molecule has 0 saturated heterocycles. The first-order valence-electron chi connectivity index (χ1n) is 3.79. The van der Waals surface area contributed by atoms with E-state index in [0.717, 1.165) is 25.7 Å². The summed E-state index contributed by atoms with van der Waals surface area (Å²) < 4.78 is 14.6. The smallest absolute Gasteiger partial charge is 0.0267 e. The Labute approximate surface area is 42.4 Å². The van der Waals surface area contributed by atoms with Gasteiger partial charge in [-0.2, -0.15) is 0 Å². The molecule has 0 heteroatoms. The van der Waals surface area contributed by atoms with E-state index in [1.54, 1.807) is 0 Å². The lowest BCUT2D eigenvalue weighted by atomic mass is 10.0. The van der Waals surface area contributed by atoms with Crippen LogP contribution in [-0.2, 0) is 0 Å². The summed E-state index contributed by atoms with van der Waals surface area (Å²) >= 11 is 0. The van der Waals surface area contributed by atoms with Crippen LogP contribution in [0.1, 0.15) is 41.2 Å². The highest BCUT2D eigenvalue weighted by Gasteiger charge is 1.95. The van der Waals surface area contributed by atoms with Gasteiger partial charge in [0, 0.05) is 2.74 Å². The van der Waals surface area contributed by atoms with Crippen molar-refractivity contribution in [1.82, 2.24) is 0 Å². The minimum atomic E-state index is 0.0752. The summed E-state index contributed by atoms with van der Waals surface area (Å²) in [4.78, 5) is 0. The number of hydrogen-bond acceptors (Lipinski definition) is 0. The standard InChI is InChI=1S/C6H12/c1-2-4-6-5-3-1/h1-6H2/i1D,4D. The molecule has 6 heavy (non-hydrogen) atoms. The molecule has 0 spiro atoms. The first-order valence-corrected chi connectivity index (χ1v) is 2.63. The average molecular weight is 86.2 g/mol. The largest absolute Gasteiger partial charge is 0.0533 e. The molecule has 0 aliphatic heterocycles. The maximum atomic E-state index is 7.28. The molecule has 0 amide bonds. The first-order chi connectivity index (χ1) is 3.79. The molecule has 1 aliphatic rings. The van der Waals surface area contributed by atoms with Crippen LogP contribution in [0.2, 0.25) is 0 Å². The fraction of sp³-hybridized carbons (Fsp3) is 1.00. The van der Waals surface area contributed by atoms with Crippen LogP contribution in [0.3, 0.4) is 0 Å². The van der Waals surface area contributed by atoms with E-state index in [2.05, 4.69) is 0 Å². The topological polar surface area (TPSA) is 0 Å². The Balaban J connectivity index is 2.23. The van der Waals surface area contributed by atoms with E-state index in [1.807, 2.05) is 0 Å². The van der Waals surface area contributed by atoms with Crippen molar-refractivity contribution in [3.63, 3.8) is 0 Å². The van der Waals surface area contributed by atoms with Crippen molar-refractivity contribution in [3.8, 4) is 0 Å². The molecular weight excluding hydrogens is 72.1 g/mol. The Morgan fingerprint density at radius 3 is 1.83 bits per heavy atom. The van der Waals surface area contributed by atoms with Crippen molar-refractivity contribution in [2.45, 2.75) is 38.5 Å². The summed E-state index contributed by atoms with van der Waals surface area (Å²) in [6.07, 6.45) is 4.10. The minimum Gasteiger partial charge on any atom is -0.0533 e. The van der Waals surface area contributed by atoms with Gasteiger partial charge < -0.3 is 0 Å². The van der Waals surface area contributed by atoms with Gasteiger partial charge in [0.15, 0.2) is 0 Å². The summed E-state index contributed by atoms with van der Waals surface area (Å²) in [5, 5.41) is 0. The monoisotopic (exact) mass is 86.1 g/mol. The van der Waals surface area contributed by atoms with Crippen molar-refractivity contribution < 1.29 is 2.74 Å². The maximum absolute atomic E-state index is 7.28. The van der Waals surface area contributed by atoms with Gasteiger partial charge in [0.1, 0.15) is 0 Å². The molecule has 1 fully saturated rings. The highest BCUT2D eigenvalue weighted by atomic mass is 14.0. The van der Waals surface area contributed by atoms with Gasteiger partial charge in [-0.1, -0.05) is 38.5 Å². The predicted molar refractivity (Wildman–Crippen MR) is 27.7 cm³/mol. The maximum Gasteiger partial charge on any atom is 0.0267 e. The molecule has 0 heterocycles. The van der Waals surface area contributed by atoms with Crippen LogP contribution in [0.15, 0.2) is 0 Å². The summed E-state index contributed by atoms with van der Waals surface area (Å²) in [6, 6.07) is 0. The SMILES string of the molecule is [2H]C1CCCC([2H])C1. The van der Waals surface area contributed by atoms with Gasteiger partial charge in [-0.15, -0.1) is 0 Å². The number of rotatable bonds is 0. The molecule has 0 nitrogen and oxygen atoms in total. The van der Waals surface area contributed by atoms with E-state index >= 15 is 0 Å². The molecule has 36 valence electrons. The molecule has 0 aromatic rings. The van der Waals surface area contributed by atoms with E-state index < -0.39 is 0 Å². The Bertz CT molecular complexity index is 64.9. The van der Waals surface area contributed by atoms with Gasteiger partial charge in [-0.25, -0.2) is 0 Å². The lowest BCUT2D eigenvalue weighted by molar-refractivity contribution is 0.504. The van der Waals surface area contributed by atoms with Crippen molar-refractivity contribution in [2.24, 2.45) is 0 Å². The summed E-state index contributed by atoms with van der Waals surface area (Å²) in [5.41, 5.74) is 0. The van der Waals surface area contributed by atoms with Crippen molar-refractivity contribution in [1.29, 1.82) is 0 Å². The molecule has 1 saturated carbocycles. The Kier molecular flexibility index (Phi) is 0.868. The quantitative estimate of drug-likeness (QED) is 0.424. The molecule has 0 aromatic carbocycles. The molecule has 0 bridgehead atoms. The second kappa shape index (κ2) is 2.22. The van der Waals surface area contributed by atoms with Crippen LogP contribution in [0, 0.1) is 0 Å². The molecule has 2 atom stereocenters. The van der Waals surface area contributed by atoms with Crippen LogP contribution in [0.25, 0.3) is 0 Å². The first kappa shape index (κ1) is 2.34. The molecule has 2 unspecified atom stereocenters. The van der Waals surface area contributed by atoms with Crippen LogP contribution in [0.5, 0.6) is 0 Å². The van der Waals surface area contributed by atoms with E-state index in [-0.39, 0.29) is 12.8 Å². The summed E-state index contributed by atoms with van der Waals surface area (Å²) in [5.74, 6) is 0. The third kappa shape index (κ3) is 1.00. The van der Waals surface area contributed by atoms with Crippen LogP contribution >= 0.6 is 0 Å². The second-order valence-corrected chi connectivity index (χ2v) is 1.74. The number of hydrogen-bond donors (Lipinski definition) is 0. The zero-order chi connectivity index (χ0) is 5.98. The lowest BCUT2D eigenvalue weighted by Crippen LogP contribution is -1.85. The average Bonchev–Trinajstić information content (AvgIpc) is 1.64. The van der Waals surface area contributed by atoms with Crippen molar-refractivity contribution >= 4 is 0 Å². The summed E-state index contributed by atoms with van der Waals surface area (Å²) in [7, 11) is 0. The Morgan fingerprint density at radius 2 is 1.50 bits per heavy atom. The lowest BCUT2D eigenvalue weighted by Gasteiger charge is -2.05. The molecule has 1 rings (SSSR count). The zero-order valence-corrected chi connectivity index (χ0v) is 3.98. The van der Waals surface area contributed by atoms with E-state index in [1.165, 1.54) is 0 Å². The van der Waals surface area contributed by atoms with Crippen LogP contribution in [-0.4, -0.2) is 0 Å². The third-order valence-electron chi connectivity index (χ3n) is 1.15. The molecular formula is C6H12. The molecule has 1 aliphatic carbocycles. The fourth-order valence-corrected chi connectivity index (χ4v) is 0.760. The van der Waals surface area contributed by atoms with E-state index in [9.17, 15) is 0 Å². The van der Waals surface area contributed by atoms with E-state index in [4.69, 9.17) is 2.74 Å². The molecule has 0 radical (unpaired) electrons. The van der Waals surface area contributed by atoms with Gasteiger partial charge in [0.2, 0.25) is 0 Å². The fourth-order valence-electron chi connectivity index (χ4n) is 0.760. The zero-order valence-electron chi connectivity index (χ0n) is 5.98. The van der Waals surface area contributed by atoms with Crippen LogP contribution < -0.4 is 0 Å². The Morgan fingerprint density at radius 1 is 0.833 bits per heavy atom. The minimum absolute atomic E-state index is 0.0752. The van der Waals surface area contributed by atoms with Gasteiger partial charge >= 0.3 is 0 Å². The normalized spacial score (nSPS) is 53.3. The van der Waals surface area contributed by atoms with Crippen molar-refractivity contribution in [2.75, 3.05) is 0 Å².